The van der Waals surface area contributed by atoms with E-state index >= 15 is 0 Å². The van der Waals surface area contributed by atoms with Crippen LogP contribution in [-0.4, -0.2) is 49.8 Å². The highest BCUT2D eigenvalue weighted by atomic mass is 16.5. The largest absolute Gasteiger partial charge is 0.339 e. The minimum absolute atomic E-state index is 0.128. The Labute approximate surface area is 156 Å². The summed E-state index contributed by atoms with van der Waals surface area (Å²) >= 11 is 0. The number of pyridine rings is 1. The number of carbonyl (C=O) groups is 1. The third-order valence-corrected chi connectivity index (χ3v) is 3.75. The quantitative estimate of drug-likeness (QED) is 0.669. The van der Waals surface area contributed by atoms with Gasteiger partial charge in [0, 0.05) is 32.1 Å². The van der Waals surface area contributed by atoms with Crippen LogP contribution in [0, 0.1) is 0 Å². The van der Waals surface area contributed by atoms with Crippen LogP contribution < -0.4 is 5.32 Å². The molecule has 0 aliphatic carbocycles. The molecule has 0 saturated carbocycles. The highest BCUT2D eigenvalue weighted by Gasteiger charge is 2.14. The Morgan fingerprint density at radius 2 is 2.07 bits per heavy atom. The molecular weight excluding hydrogens is 350 g/mol. The van der Waals surface area contributed by atoms with Crippen LogP contribution >= 0.6 is 0 Å². The van der Waals surface area contributed by atoms with Gasteiger partial charge in [-0.1, -0.05) is 30.2 Å². The first kappa shape index (κ1) is 18.5. The molecule has 0 bridgehead atoms. The molecule has 0 fully saturated rings. The Hall–Kier alpha value is -3.30. The number of hydrogen-bond donors (Lipinski definition) is 1. The standard InChI is InChI=1S/C17H21N7O3/c1-11(2)16-20-13(22-27-16)7-9-24(3)17(25)19-10-14-21-15(23-26-14)12-6-4-5-8-18-12/h4-6,8,11H,7,9-10H2,1-3H3,(H,19,25). The van der Waals surface area contributed by atoms with Gasteiger partial charge in [0.15, 0.2) is 5.82 Å². The average Bonchev–Trinajstić information content (AvgIpc) is 3.34. The zero-order chi connectivity index (χ0) is 19.2. The van der Waals surface area contributed by atoms with E-state index in [4.69, 9.17) is 9.05 Å². The summed E-state index contributed by atoms with van der Waals surface area (Å²) in [4.78, 5) is 26.4. The second kappa shape index (κ2) is 8.39. The first-order valence-electron chi connectivity index (χ1n) is 8.58. The van der Waals surface area contributed by atoms with Crippen molar-refractivity contribution in [1.82, 2.24) is 35.5 Å². The predicted octanol–water partition coefficient (Wildman–Crippen LogP) is 2.02. The molecule has 3 heterocycles. The molecule has 0 atom stereocenters. The van der Waals surface area contributed by atoms with E-state index < -0.39 is 0 Å². The van der Waals surface area contributed by atoms with E-state index in [-0.39, 0.29) is 18.5 Å². The van der Waals surface area contributed by atoms with Crippen LogP contribution in [0.5, 0.6) is 0 Å². The number of rotatable bonds is 7. The van der Waals surface area contributed by atoms with E-state index in [9.17, 15) is 4.79 Å². The fraction of sp³-hybridized carbons (Fsp3) is 0.412. The smallest absolute Gasteiger partial charge is 0.317 e. The van der Waals surface area contributed by atoms with Crippen molar-refractivity contribution >= 4 is 6.03 Å². The number of nitrogens with zero attached hydrogens (tertiary/aromatic N) is 6. The highest BCUT2D eigenvalue weighted by Crippen LogP contribution is 2.12. The summed E-state index contributed by atoms with van der Waals surface area (Å²) in [5, 5.41) is 10.5. The average molecular weight is 371 g/mol. The van der Waals surface area contributed by atoms with Crippen molar-refractivity contribution < 1.29 is 13.8 Å². The Morgan fingerprint density at radius 3 is 2.78 bits per heavy atom. The monoisotopic (exact) mass is 371 g/mol. The molecule has 0 unspecified atom stereocenters. The maximum absolute atomic E-state index is 12.2. The molecule has 142 valence electrons. The molecule has 3 aromatic rings. The zero-order valence-corrected chi connectivity index (χ0v) is 15.4. The summed E-state index contributed by atoms with van der Waals surface area (Å²) in [6.07, 6.45) is 2.15. The van der Waals surface area contributed by atoms with Crippen molar-refractivity contribution in [2.24, 2.45) is 0 Å². The number of carbonyl (C=O) groups excluding carboxylic acids is 1. The maximum Gasteiger partial charge on any atom is 0.317 e. The molecule has 0 aliphatic heterocycles. The van der Waals surface area contributed by atoms with Crippen LogP contribution in [0.4, 0.5) is 4.79 Å². The molecule has 1 N–H and O–H groups in total. The number of urea groups is 1. The van der Waals surface area contributed by atoms with Crippen LogP contribution in [0.2, 0.25) is 0 Å². The van der Waals surface area contributed by atoms with Gasteiger partial charge in [-0.15, -0.1) is 0 Å². The van der Waals surface area contributed by atoms with Crippen molar-refractivity contribution in [2.75, 3.05) is 13.6 Å². The molecule has 3 aromatic heterocycles. The fourth-order valence-corrected chi connectivity index (χ4v) is 2.18. The lowest BCUT2D eigenvalue weighted by molar-refractivity contribution is 0.206. The SMILES string of the molecule is CC(C)c1nc(CCN(C)C(=O)NCc2nc(-c3ccccn3)no2)no1. The summed E-state index contributed by atoms with van der Waals surface area (Å²) in [7, 11) is 1.69. The Morgan fingerprint density at radius 1 is 1.22 bits per heavy atom. The van der Waals surface area contributed by atoms with Gasteiger partial charge in [0.05, 0.1) is 6.54 Å². The fourth-order valence-electron chi connectivity index (χ4n) is 2.18. The lowest BCUT2D eigenvalue weighted by Gasteiger charge is -2.16. The minimum atomic E-state index is -0.264. The molecule has 0 saturated heterocycles. The first-order chi connectivity index (χ1) is 13.0. The lowest BCUT2D eigenvalue weighted by atomic mass is 10.2. The molecule has 0 aliphatic rings. The highest BCUT2D eigenvalue weighted by molar-refractivity contribution is 5.73. The summed E-state index contributed by atoms with van der Waals surface area (Å²) in [6, 6.07) is 5.16. The topological polar surface area (TPSA) is 123 Å². The third-order valence-electron chi connectivity index (χ3n) is 3.75. The van der Waals surface area contributed by atoms with Gasteiger partial charge in [0.25, 0.3) is 0 Å². The minimum Gasteiger partial charge on any atom is -0.339 e. The Bertz CT molecular complexity index is 876. The lowest BCUT2D eigenvalue weighted by Crippen LogP contribution is -2.38. The normalized spacial score (nSPS) is 11.0. The third kappa shape index (κ3) is 4.87. The number of hydrogen-bond acceptors (Lipinski definition) is 8. The van der Waals surface area contributed by atoms with Gasteiger partial charge in [0.1, 0.15) is 5.69 Å². The summed E-state index contributed by atoms with van der Waals surface area (Å²) < 4.78 is 10.3. The van der Waals surface area contributed by atoms with Crippen molar-refractivity contribution in [3.05, 3.63) is 42.0 Å². The van der Waals surface area contributed by atoms with E-state index in [1.54, 1.807) is 25.4 Å². The van der Waals surface area contributed by atoms with Gasteiger partial charge in [0.2, 0.25) is 17.6 Å². The van der Waals surface area contributed by atoms with Crippen LogP contribution in [0.15, 0.2) is 33.4 Å². The van der Waals surface area contributed by atoms with Crippen LogP contribution in [-0.2, 0) is 13.0 Å². The van der Waals surface area contributed by atoms with Gasteiger partial charge >= 0.3 is 6.03 Å². The van der Waals surface area contributed by atoms with Gasteiger partial charge in [-0.05, 0) is 12.1 Å². The molecule has 3 rings (SSSR count). The zero-order valence-electron chi connectivity index (χ0n) is 15.4. The molecule has 0 aromatic carbocycles. The van der Waals surface area contributed by atoms with E-state index in [0.717, 1.165) is 0 Å². The summed E-state index contributed by atoms with van der Waals surface area (Å²) in [6.45, 7) is 4.54. The molecule has 10 heteroatoms. The van der Waals surface area contributed by atoms with Gasteiger partial charge in [-0.2, -0.15) is 9.97 Å². The van der Waals surface area contributed by atoms with E-state index in [1.165, 1.54) is 4.90 Å². The van der Waals surface area contributed by atoms with E-state index in [2.05, 4.69) is 30.6 Å². The molecular formula is C17H21N7O3. The van der Waals surface area contributed by atoms with Crippen LogP contribution in [0.1, 0.15) is 37.4 Å². The van der Waals surface area contributed by atoms with Gasteiger partial charge in [-0.3, -0.25) is 4.98 Å². The summed E-state index contributed by atoms with van der Waals surface area (Å²) in [5.41, 5.74) is 0.608. The molecule has 27 heavy (non-hydrogen) atoms. The van der Waals surface area contributed by atoms with Crippen molar-refractivity contribution in [3.8, 4) is 11.5 Å². The van der Waals surface area contributed by atoms with E-state index in [0.29, 0.717) is 42.1 Å². The maximum atomic E-state index is 12.2. The second-order valence-electron chi connectivity index (χ2n) is 6.26. The molecule has 10 nitrogen and oxygen atoms in total. The summed E-state index contributed by atoms with van der Waals surface area (Å²) in [5.74, 6) is 2.04. The van der Waals surface area contributed by atoms with Gasteiger partial charge < -0.3 is 19.3 Å². The second-order valence-corrected chi connectivity index (χ2v) is 6.26. The Balaban J connectivity index is 1.46. The van der Waals surface area contributed by atoms with Crippen molar-refractivity contribution in [1.29, 1.82) is 0 Å². The predicted molar refractivity (Wildman–Crippen MR) is 94.5 cm³/mol. The first-order valence-corrected chi connectivity index (χ1v) is 8.58. The number of amides is 2. The number of nitrogens with one attached hydrogen (secondary N) is 1. The molecule has 0 radical (unpaired) electrons. The molecule has 0 spiro atoms. The number of likely N-dealkylation sites (N-methyl/N-ethyl adjacent to an activating group) is 1. The molecule has 2 amide bonds. The van der Waals surface area contributed by atoms with Crippen LogP contribution in [0.3, 0.4) is 0 Å². The Kier molecular flexibility index (Phi) is 5.74. The number of aromatic nitrogens is 5. The van der Waals surface area contributed by atoms with Crippen LogP contribution in [0.25, 0.3) is 11.5 Å². The van der Waals surface area contributed by atoms with Gasteiger partial charge in [-0.25, -0.2) is 4.79 Å². The van der Waals surface area contributed by atoms with Crippen molar-refractivity contribution in [3.63, 3.8) is 0 Å². The van der Waals surface area contributed by atoms with Crippen molar-refractivity contribution in [2.45, 2.75) is 32.7 Å². The van der Waals surface area contributed by atoms with E-state index in [1.807, 2.05) is 19.9 Å².